The van der Waals surface area contributed by atoms with Crippen LogP contribution in [0.2, 0.25) is 0 Å². The molecule has 3 heteroatoms. The summed E-state index contributed by atoms with van der Waals surface area (Å²) >= 11 is 0. The molecule has 0 saturated heterocycles. The summed E-state index contributed by atoms with van der Waals surface area (Å²) in [6.45, 7) is 8.69. The number of ether oxygens (including phenoxy) is 1. The molecule has 0 fully saturated rings. The Bertz CT molecular complexity index is 352. The van der Waals surface area contributed by atoms with E-state index in [1.165, 1.54) is 6.07 Å². The van der Waals surface area contributed by atoms with Crippen molar-refractivity contribution in [3.05, 3.63) is 29.6 Å². The zero-order chi connectivity index (χ0) is 13.4. The minimum atomic E-state index is -0.209. The highest BCUT2D eigenvalue weighted by Gasteiger charge is 2.05. The lowest BCUT2D eigenvalue weighted by molar-refractivity contribution is 0.304. The highest BCUT2D eigenvalue weighted by atomic mass is 19.1. The first-order valence-electron chi connectivity index (χ1n) is 6.75. The van der Waals surface area contributed by atoms with E-state index in [2.05, 4.69) is 26.1 Å². The van der Waals surface area contributed by atoms with Gasteiger partial charge in [0.25, 0.3) is 0 Å². The van der Waals surface area contributed by atoms with E-state index in [-0.39, 0.29) is 5.82 Å². The van der Waals surface area contributed by atoms with Crippen LogP contribution in [0, 0.1) is 11.7 Å². The molecule has 1 aromatic rings. The van der Waals surface area contributed by atoms with Crippen molar-refractivity contribution in [3.63, 3.8) is 0 Å². The molecule has 0 heterocycles. The molecule has 1 rings (SSSR count). The maximum atomic E-state index is 13.2. The number of rotatable bonds is 8. The smallest absolute Gasteiger partial charge is 0.123 e. The molecule has 1 aromatic carbocycles. The fraction of sp³-hybridized carbons (Fsp3) is 0.600. The molecular weight excluding hydrogens is 229 g/mol. The van der Waals surface area contributed by atoms with E-state index in [1.54, 1.807) is 12.1 Å². The molecule has 0 aliphatic rings. The quantitative estimate of drug-likeness (QED) is 0.712. The zero-order valence-electron chi connectivity index (χ0n) is 11.6. The molecule has 18 heavy (non-hydrogen) atoms. The summed E-state index contributed by atoms with van der Waals surface area (Å²) in [5.74, 6) is 1.17. The molecule has 0 unspecified atom stereocenters. The second-order valence-corrected chi connectivity index (χ2v) is 4.98. The van der Waals surface area contributed by atoms with Gasteiger partial charge in [-0.25, -0.2) is 4.39 Å². The van der Waals surface area contributed by atoms with E-state index in [1.807, 2.05) is 0 Å². The van der Waals surface area contributed by atoms with Crippen LogP contribution in [0.1, 0.15) is 39.2 Å². The van der Waals surface area contributed by atoms with E-state index < -0.39 is 0 Å². The molecular formula is C15H24FNO. The zero-order valence-corrected chi connectivity index (χ0v) is 11.6. The topological polar surface area (TPSA) is 21.3 Å². The number of nitrogens with one attached hydrogen (secondary N) is 1. The van der Waals surface area contributed by atoms with Crippen molar-refractivity contribution in [2.45, 2.75) is 40.2 Å². The van der Waals surface area contributed by atoms with Gasteiger partial charge in [0.05, 0.1) is 6.61 Å². The Balaban J connectivity index is 2.58. The van der Waals surface area contributed by atoms with Gasteiger partial charge in [-0.15, -0.1) is 0 Å². The van der Waals surface area contributed by atoms with Crippen LogP contribution in [0.3, 0.4) is 0 Å². The Morgan fingerprint density at radius 2 is 2.11 bits per heavy atom. The van der Waals surface area contributed by atoms with Gasteiger partial charge < -0.3 is 10.1 Å². The fourth-order valence-corrected chi connectivity index (χ4v) is 1.65. The first kappa shape index (κ1) is 15.0. The molecule has 0 aliphatic heterocycles. The minimum Gasteiger partial charge on any atom is -0.493 e. The molecule has 0 atom stereocenters. The second-order valence-electron chi connectivity index (χ2n) is 4.98. The molecule has 0 saturated carbocycles. The molecule has 102 valence electrons. The first-order valence-corrected chi connectivity index (χ1v) is 6.75. The van der Waals surface area contributed by atoms with Crippen molar-refractivity contribution >= 4 is 0 Å². The largest absolute Gasteiger partial charge is 0.493 e. The summed E-state index contributed by atoms with van der Waals surface area (Å²) in [6.07, 6.45) is 2.12. The van der Waals surface area contributed by atoms with Gasteiger partial charge in [-0.3, -0.25) is 0 Å². The molecule has 0 bridgehead atoms. The van der Waals surface area contributed by atoms with Crippen molar-refractivity contribution < 1.29 is 9.13 Å². The van der Waals surface area contributed by atoms with Crippen LogP contribution in [-0.4, -0.2) is 13.2 Å². The molecule has 0 radical (unpaired) electrons. The standard InChI is InChI=1S/C15H24FNO/c1-4-5-8-18-15-7-6-14(16)9-13(15)11-17-10-12(2)3/h6-7,9,12,17H,4-5,8,10-11H2,1-3H3. The Morgan fingerprint density at radius 3 is 2.78 bits per heavy atom. The summed E-state index contributed by atoms with van der Waals surface area (Å²) in [6, 6.07) is 4.72. The SMILES string of the molecule is CCCCOc1ccc(F)cc1CNCC(C)C. The highest BCUT2D eigenvalue weighted by molar-refractivity contribution is 5.33. The van der Waals surface area contributed by atoms with Crippen LogP contribution in [0.5, 0.6) is 5.75 Å². The van der Waals surface area contributed by atoms with E-state index in [0.29, 0.717) is 19.1 Å². The summed E-state index contributed by atoms with van der Waals surface area (Å²) in [7, 11) is 0. The van der Waals surface area contributed by atoms with Gasteiger partial charge in [-0.2, -0.15) is 0 Å². The summed E-state index contributed by atoms with van der Waals surface area (Å²) < 4.78 is 18.9. The lowest BCUT2D eigenvalue weighted by atomic mass is 10.1. The average Bonchev–Trinajstić information content (AvgIpc) is 2.31. The third-order valence-electron chi connectivity index (χ3n) is 2.65. The molecule has 0 spiro atoms. The predicted octanol–water partition coefficient (Wildman–Crippen LogP) is 3.75. The summed E-state index contributed by atoms with van der Waals surface area (Å²) in [5, 5.41) is 3.31. The van der Waals surface area contributed by atoms with Crippen molar-refractivity contribution in [1.82, 2.24) is 5.32 Å². The second kappa shape index (κ2) is 8.09. The number of unbranched alkanes of at least 4 members (excludes halogenated alkanes) is 1. The van der Waals surface area contributed by atoms with Crippen molar-refractivity contribution in [1.29, 1.82) is 0 Å². The van der Waals surface area contributed by atoms with Crippen molar-refractivity contribution in [2.75, 3.05) is 13.2 Å². The lowest BCUT2D eigenvalue weighted by Crippen LogP contribution is -2.19. The monoisotopic (exact) mass is 253 g/mol. The number of benzene rings is 1. The Hall–Kier alpha value is -1.09. The van der Waals surface area contributed by atoms with Crippen LogP contribution in [0.4, 0.5) is 4.39 Å². The lowest BCUT2D eigenvalue weighted by Gasteiger charge is -2.13. The van der Waals surface area contributed by atoms with Crippen LogP contribution >= 0.6 is 0 Å². The van der Waals surface area contributed by atoms with E-state index in [4.69, 9.17) is 4.74 Å². The maximum absolute atomic E-state index is 13.2. The van der Waals surface area contributed by atoms with Crippen LogP contribution in [0.15, 0.2) is 18.2 Å². The highest BCUT2D eigenvalue weighted by Crippen LogP contribution is 2.20. The molecule has 2 nitrogen and oxygen atoms in total. The number of halogens is 1. The average molecular weight is 253 g/mol. The van der Waals surface area contributed by atoms with Crippen molar-refractivity contribution in [3.8, 4) is 5.75 Å². The van der Waals surface area contributed by atoms with Crippen molar-refractivity contribution in [2.24, 2.45) is 5.92 Å². The van der Waals surface area contributed by atoms with Gasteiger partial charge in [0.15, 0.2) is 0 Å². The third-order valence-corrected chi connectivity index (χ3v) is 2.65. The van der Waals surface area contributed by atoms with Gasteiger partial charge >= 0.3 is 0 Å². The van der Waals surface area contributed by atoms with E-state index in [0.717, 1.165) is 30.7 Å². The van der Waals surface area contributed by atoms with Gasteiger partial charge in [0, 0.05) is 12.1 Å². The van der Waals surface area contributed by atoms with E-state index in [9.17, 15) is 4.39 Å². The normalized spacial score (nSPS) is 10.9. The van der Waals surface area contributed by atoms with Crippen LogP contribution < -0.4 is 10.1 Å². The molecule has 0 aliphatic carbocycles. The first-order chi connectivity index (χ1) is 8.63. The fourth-order valence-electron chi connectivity index (χ4n) is 1.65. The Kier molecular flexibility index (Phi) is 6.73. The number of hydrogen-bond donors (Lipinski definition) is 1. The van der Waals surface area contributed by atoms with Gasteiger partial charge in [-0.1, -0.05) is 27.2 Å². The molecule has 1 N–H and O–H groups in total. The predicted molar refractivity (Wildman–Crippen MR) is 73.3 cm³/mol. The third kappa shape index (κ3) is 5.50. The summed E-state index contributed by atoms with van der Waals surface area (Å²) in [4.78, 5) is 0. The Labute approximate surface area is 110 Å². The number of hydrogen-bond acceptors (Lipinski definition) is 2. The molecule has 0 amide bonds. The minimum absolute atomic E-state index is 0.209. The summed E-state index contributed by atoms with van der Waals surface area (Å²) in [5.41, 5.74) is 0.895. The van der Waals surface area contributed by atoms with E-state index >= 15 is 0 Å². The van der Waals surface area contributed by atoms with Crippen LogP contribution in [0.25, 0.3) is 0 Å². The van der Waals surface area contributed by atoms with Gasteiger partial charge in [-0.05, 0) is 37.1 Å². The van der Waals surface area contributed by atoms with Gasteiger partial charge in [0.1, 0.15) is 11.6 Å². The van der Waals surface area contributed by atoms with Gasteiger partial charge in [0.2, 0.25) is 0 Å². The maximum Gasteiger partial charge on any atom is 0.123 e. The molecule has 0 aromatic heterocycles. The van der Waals surface area contributed by atoms with Crippen LogP contribution in [-0.2, 0) is 6.54 Å². The Morgan fingerprint density at radius 1 is 1.33 bits per heavy atom.